The van der Waals surface area contributed by atoms with E-state index in [1.807, 2.05) is 30.3 Å². The minimum atomic E-state index is 0.0870. The maximum Gasteiger partial charge on any atom is 0.225 e. The normalized spacial score (nSPS) is 18.4. The Bertz CT molecular complexity index is 609. The monoisotopic (exact) mass is 269 g/mol. The summed E-state index contributed by atoms with van der Waals surface area (Å²) >= 11 is 1.77. The van der Waals surface area contributed by atoms with Crippen molar-refractivity contribution in [3.63, 3.8) is 0 Å². The molecule has 0 fully saturated rings. The van der Waals surface area contributed by atoms with E-state index < -0.39 is 0 Å². The van der Waals surface area contributed by atoms with E-state index in [-0.39, 0.29) is 11.2 Å². The maximum atomic E-state index is 12.0. The van der Waals surface area contributed by atoms with Gasteiger partial charge in [0.05, 0.1) is 5.69 Å². The molecule has 3 heteroatoms. The van der Waals surface area contributed by atoms with E-state index in [4.69, 9.17) is 0 Å². The van der Waals surface area contributed by atoms with Gasteiger partial charge in [0.15, 0.2) is 0 Å². The lowest BCUT2D eigenvalue weighted by Crippen LogP contribution is -2.11. The zero-order chi connectivity index (χ0) is 13.2. The van der Waals surface area contributed by atoms with Crippen LogP contribution in [0.1, 0.15) is 22.8 Å². The number of nitrogens with one attached hydrogen (secondary N) is 1. The summed E-state index contributed by atoms with van der Waals surface area (Å²) in [4.78, 5) is 13.1. The van der Waals surface area contributed by atoms with Gasteiger partial charge in [-0.3, -0.25) is 4.79 Å². The minimum absolute atomic E-state index is 0.0870. The van der Waals surface area contributed by atoms with Crippen LogP contribution in [0.15, 0.2) is 53.4 Å². The van der Waals surface area contributed by atoms with E-state index in [9.17, 15) is 4.79 Å². The van der Waals surface area contributed by atoms with E-state index in [1.54, 1.807) is 11.8 Å². The van der Waals surface area contributed by atoms with E-state index >= 15 is 0 Å². The van der Waals surface area contributed by atoms with Gasteiger partial charge in [-0.25, -0.2) is 0 Å². The largest absolute Gasteiger partial charge is 0.325 e. The predicted molar refractivity (Wildman–Crippen MR) is 79.5 cm³/mol. The van der Waals surface area contributed by atoms with Gasteiger partial charge in [-0.1, -0.05) is 36.4 Å². The molecule has 96 valence electrons. The second-order valence-electron chi connectivity index (χ2n) is 4.77. The number of anilines is 1. The lowest BCUT2D eigenvalue weighted by atomic mass is 10.1. The summed E-state index contributed by atoms with van der Waals surface area (Å²) in [5.74, 6) is 0.0870. The molecule has 3 rings (SSSR count). The van der Waals surface area contributed by atoms with Gasteiger partial charge in [-0.2, -0.15) is 0 Å². The van der Waals surface area contributed by atoms with Crippen LogP contribution in [-0.2, 0) is 4.79 Å². The zero-order valence-corrected chi connectivity index (χ0v) is 11.5. The number of hydrogen-bond acceptors (Lipinski definition) is 2. The third-order valence-corrected chi connectivity index (χ3v) is 4.54. The Kier molecular flexibility index (Phi) is 3.30. The van der Waals surface area contributed by atoms with Crippen molar-refractivity contribution in [2.24, 2.45) is 0 Å². The highest BCUT2D eigenvalue weighted by atomic mass is 32.2. The number of carbonyl (C=O) groups excluding carboxylic acids is 1. The third-order valence-electron chi connectivity index (χ3n) is 3.22. The number of benzene rings is 2. The number of amides is 1. The lowest BCUT2D eigenvalue weighted by molar-refractivity contribution is -0.116. The van der Waals surface area contributed by atoms with Gasteiger partial charge in [0, 0.05) is 16.6 Å². The fraction of sp³-hybridized carbons (Fsp3) is 0.188. The third kappa shape index (κ3) is 2.66. The second kappa shape index (κ2) is 5.10. The highest BCUT2D eigenvalue weighted by Gasteiger charge is 2.23. The molecule has 0 radical (unpaired) electrons. The van der Waals surface area contributed by atoms with Gasteiger partial charge < -0.3 is 5.32 Å². The number of fused-ring (bicyclic) bond motifs is 1. The standard InChI is InChI=1S/C16H15NOS/c1-11-7-8-13-15(9-11)19-14(10-16(18)17-13)12-5-3-2-4-6-12/h2-9,14H,10H2,1H3,(H,17,18)/t14-/m1/s1. The first-order chi connectivity index (χ1) is 9.22. The first-order valence-corrected chi connectivity index (χ1v) is 7.22. The summed E-state index contributed by atoms with van der Waals surface area (Å²) in [7, 11) is 0. The van der Waals surface area contributed by atoms with Crippen molar-refractivity contribution in [1.29, 1.82) is 0 Å². The summed E-state index contributed by atoms with van der Waals surface area (Å²) in [5.41, 5.74) is 3.35. The second-order valence-corrected chi connectivity index (χ2v) is 6.01. The molecule has 1 amide bonds. The van der Waals surface area contributed by atoms with Gasteiger partial charge in [0.25, 0.3) is 0 Å². The molecule has 2 nitrogen and oxygen atoms in total. The van der Waals surface area contributed by atoms with Crippen LogP contribution in [0.5, 0.6) is 0 Å². The topological polar surface area (TPSA) is 29.1 Å². The van der Waals surface area contributed by atoms with Gasteiger partial charge in [0.2, 0.25) is 5.91 Å². The highest BCUT2D eigenvalue weighted by Crippen LogP contribution is 2.43. The zero-order valence-electron chi connectivity index (χ0n) is 10.7. The molecule has 0 saturated carbocycles. The smallest absolute Gasteiger partial charge is 0.225 e. The summed E-state index contributed by atoms with van der Waals surface area (Å²) in [6.45, 7) is 2.07. The van der Waals surface area contributed by atoms with Crippen molar-refractivity contribution in [2.45, 2.75) is 23.5 Å². The summed E-state index contributed by atoms with van der Waals surface area (Å²) in [5, 5.41) is 3.17. The van der Waals surface area contributed by atoms with Crippen molar-refractivity contribution in [3.05, 3.63) is 59.7 Å². The number of hydrogen-bond donors (Lipinski definition) is 1. The summed E-state index contributed by atoms with van der Waals surface area (Å²) < 4.78 is 0. The molecule has 1 aliphatic rings. The molecule has 0 spiro atoms. The molecule has 1 atom stereocenters. The quantitative estimate of drug-likeness (QED) is 0.841. The molecule has 2 aromatic carbocycles. The Morgan fingerprint density at radius 1 is 1.16 bits per heavy atom. The van der Waals surface area contributed by atoms with Crippen LogP contribution in [0.3, 0.4) is 0 Å². The molecular weight excluding hydrogens is 254 g/mol. The first-order valence-electron chi connectivity index (χ1n) is 6.34. The minimum Gasteiger partial charge on any atom is -0.325 e. The number of carbonyl (C=O) groups is 1. The molecule has 2 aromatic rings. The van der Waals surface area contributed by atoms with Crippen LogP contribution in [-0.4, -0.2) is 5.91 Å². The fourth-order valence-electron chi connectivity index (χ4n) is 2.25. The van der Waals surface area contributed by atoms with E-state index in [0.717, 1.165) is 10.6 Å². The van der Waals surface area contributed by atoms with Crippen molar-refractivity contribution in [3.8, 4) is 0 Å². The predicted octanol–water partition coefficient (Wildman–Crippen LogP) is 4.17. The van der Waals surface area contributed by atoms with Crippen molar-refractivity contribution in [2.75, 3.05) is 5.32 Å². The maximum absolute atomic E-state index is 12.0. The van der Waals surface area contributed by atoms with Gasteiger partial charge in [0.1, 0.15) is 0 Å². The summed E-state index contributed by atoms with van der Waals surface area (Å²) in [6.07, 6.45) is 0.516. The molecule has 1 N–H and O–H groups in total. The van der Waals surface area contributed by atoms with Crippen LogP contribution < -0.4 is 5.32 Å². The molecule has 19 heavy (non-hydrogen) atoms. The van der Waals surface area contributed by atoms with Crippen LogP contribution in [0.2, 0.25) is 0 Å². The van der Waals surface area contributed by atoms with Crippen molar-refractivity contribution >= 4 is 23.4 Å². The highest BCUT2D eigenvalue weighted by molar-refractivity contribution is 7.99. The molecule has 0 aromatic heterocycles. The Morgan fingerprint density at radius 2 is 1.95 bits per heavy atom. The number of thioether (sulfide) groups is 1. The molecule has 1 aliphatic heterocycles. The van der Waals surface area contributed by atoms with Crippen LogP contribution in [0, 0.1) is 6.92 Å². The SMILES string of the molecule is Cc1ccc2c(c1)S[C@@H](c1ccccc1)CC(=O)N2. The average molecular weight is 269 g/mol. The van der Waals surface area contributed by atoms with Crippen molar-refractivity contribution in [1.82, 2.24) is 0 Å². The number of rotatable bonds is 1. The van der Waals surface area contributed by atoms with Crippen LogP contribution >= 0.6 is 11.8 Å². The number of aryl methyl sites for hydroxylation is 1. The Morgan fingerprint density at radius 3 is 2.74 bits per heavy atom. The molecule has 0 unspecified atom stereocenters. The molecular formula is C16H15NOS. The molecule has 1 heterocycles. The fourth-order valence-corrected chi connectivity index (χ4v) is 3.58. The van der Waals surface area contributed by atoms with E-state index in [2.05, 4.69) is 30.4 Å². The molecule has 0 bridgehead atoms. The average Bonchev–Trinajstić information content (AvgIpc) is 2.58. The van der Waals surface area contributed by atoms with Crippen LogP contribution in [0.25, 0.3) is 0 Å². The first kappa shape index (κ1) is 12.3. The molecule has 0 saturated heterocycles. The van der Waals surface area contributed by atoms with Gasteiger partial charge in [-0.05, 0) is 30.2 Å². The van der Waals surface area contributed by atoms with Gasteiger partial charge >= 0.3 is 0 Å². The Balaban J connectivity index is 1.99. The van der Waals surface area contributed by atoms with Crippen LogP contribution in [0.4, 0.5) is 5.69 Å². The van der Waals surface area contributed by atoms with E-state index in [0.29, 0.717) is 6.42 Å². The summed E-state index contributed by atoms with van der Waals surface area (Å²) in [6, 6.07) is 16.4. The Labute approximate surface area is 117 Å². The van der Waals surface area contributed by atoms with E-state index in [1.165, 1.54) is 11.1 Å². The Hall–Kier alpha value is -1.74. The van der Waals surface area contributed by atoms with Gasteiger partial charge in [-0.15, -0.1) is 11.8 Å². The van der Waals surface area contributed by atoms with Crippen molar-refractivity contribution < 1.29 is 4.79 Å². The molecule has 0 aliphatic carbocycles. The lowest BCUT2D eigenvalue weighted by Gasteiger charge is -2.13.